The fourth-order valence-corrected chi connectivity index (χ4v) is 2.36. The van der Waals surface area contributed by atoms with Gasteiger partial charge in [0.1, 0.15) is 0 Å². The van der Waals surface area contributed by atoms with Crippen LogP contribution in [0.1, 0.15) is 36.3 Å². The van der Waals surface area contributed by atoms with Crippen LogP contribution in [0, 0.1) is 0 Å². The maximum atomic E-state index is 9.86. The van der Waals surface area contributed by atoms with Gasteiger partial charge in [-0.3, -0.25) is 14.4 Å². The molecule has 0 spiro atoms. The predicted molar refractivity (Wildman–Crippen MR) is 174 cm³/mol. The summed E-state index contributed by atoms with van der Waals surface area (Å²) < 4.78 is 0. The van der Waals surface area contributed by atoms with Gasteiger partial charge in [-0.05, 0) is 36.5 Å². The Labute approximate surface area is 338 Å². The van der Waals surface area contributed by atoms with Gasteiger partial charge < -0.3 is 107 Å². The van der Waals surface area contributed by atoms with Crippen LogP contribution in [-0.4, -0.2) is 117 Å². The fourth-order valence-electron chi connectivity index (χ4n) is 2.36. The summed E-state index contributed by atoms with van der Waals surface area (Å²) in [7, 11) is 0. The van der Waals surface area contributed by atoms with Crippen LogP contribution in [0.4, 0.5) is 0 Å². The minimum absolute atomic E-state index is 0. The molecule has 0 aromatic carbocycles. The van der Waals surface area contributed by atoms with Crippen molar-refractivity contribution in [1.29, 1.82) is 0 Å². The van der Waals surface area contributed by atoms with Crippen molar-refractivity contribution in [2.24, 2.45) is 17.2 Å². The number of nitrogens with two attached hydrogens (primary N) is 3. The number of hydrogen-bond acceptors (Lipinski definition) is 21. The first kappa shape index (κ1) is 57.4. The van der Waals surface area contributed by atoms with Gasteiger partial charge in [-0.25, -0.2) is 15.0 Å². The van der Waals surface area contributed by atoms with Gasteiger partial charge in [0.15, 0.2) is 0 Å². The Morgan fingerprint density at radius 2 is 0.707 bits per heavy atom. The number of aromatic amines is 3. The first-order chi connectivity index (χ1) is 26.5. The van der Waals surface area contributed by atoms with Crippen LogP contribution in [0.5, 0.6) is 0 Å². The summed E-state index contributed by atoms with van der Waals surface area (Å²) in [4.78, 5) is 107. The first-order valence-corrected chi connectivity index (χ1v) is 14.7. The molecule has 0 aliphatic rings. The number of hydrogen-bond donors (Lipinski definition) is 9. The second-order valence-electron chi connectivity index (χ2n) is 9.51. The molecule has 312 valence electrons. The zero-order chi connectivity index (χ0) is 44.5. The molecule has 0 radical (unpaired) electrons. The standard InChI is InChI=1S/3C6H6N2O2.3C4H7NO4.Mo/c3*9-6(10)2-1-5-3-7-4-8-5;3*5-2(4(8)9)1-3(6)7;/h3*1-4H,(H,7,8)(H,9,10);3*2H,1,5H2,(H,6,7)(H,8,9);/q;;;;;;+6/p-6/t;;;3*2-;/m...000./s1. The quantitative estimate of drug-likeness (QED) is 0.0505. The summed E-state index contributed by atoms with van der Waals surface area (Å²) in [5.41, 5.74) is 16.0. The SMILES string of the molecule is N[C@@H](CC(=O)O)C(=O)[O-].N[C@@H](CC(=O)O)C(=O)[O-].N[C@@H](CC(=O)O)C(=O)[O-].O=C([O-])C=Cc1c[nH]cn1.O=C([O-])C=Cc1c[nH]cn1.O=C([O-])C=Cc1c[nH]cn1.[Mo+6]. The number of nitrogens with zero attached hydrogens (tertiary/aromatic N) is 3. The molecular weight excluding hydrogens is 870 g/mol. The minimum atomic E-state index is -1.54. The Bertz CT molecular complexity index is 1570. The molecule has 3 aromatic rings. The molecule has 0 saturated carbocycles. The molecule has 58 heavy (non-hydrogen) atoms. The number of carboxylic acids is 9. The molecule has 0 saturated heterocycles. The van der Waals surface area contributed by atoms with Gasteiger partial charge in [-0.1, -0.05) is 0 Å². The molecule has 0 aliphatic heterocycles. The molecule has 0 unspecified atom stereocenters. The van der Waals surface area contributed by atoms with E-state index in [0.29, 0.717) is 17.1 Å². The van der Waals surface area contributed by atoms with E-state index in [9.17, 15) is 73.8 Å². The van der Waals surface area contributed by atoms with Gasteiger partial charge >= 0.3 is 39.0 Å². The summed E-state index contributed by atoms with van der Waals surface area (Å²) >= 11 is 0. The van der Waals surface area contributed by atoms with Crippen LogP contribution in [0.25, 0.3) is 18.2 Å². The third kappa shape index (κ3) is 39.8. The topological polar surface area (TPSA) is 517 Å². The summed E-state index contributed by atoms with van der Waals surface area (Å²) in [6.07, 6.45) is 14.2. The number of nitrogens with one attached hydrogen (secondary N) is 3. The van der Waals surface area contributed by atoms with E-state index >= 15 is 0 Å². The van der Waals surface area contributed by atoms with E-state index in [0.717, 1.165) is 18.2 Å². The number of carbonyl (C=O) groups excluding carboxylic acids is 6. The summed E-state index contributed by atoms with van der Waals surface area (Å²) in [5, 5.41) is 82.7. The molecule has 3 rings (SSSR count). The summed E-state index contributed by atoms with van der Waals surface area (Å²) in [6, 6.07) is -4.20. The molecular formula is C30H33MoN9O18. The molecule has 3 aromatic heterocycles. The van der Waals surface area contributed by atoms with Crippen LogP contribution in [0.3, 0.4) is 0 Å². The van der Waals surface area contributed by atoms with Crippen molar-refractivity contribution in [3.63, 3.8) is 0 Å². The third-order valence-electron chi connectivity index (χ3n) is 4.82. The number of carbonyl (C=O) groups is 9. The van der Waals surface area contributed by atoms with E-state index in [2.05, 4.69) is 29.9 Å². The van der Waals surface area contributed by atoms with Gasteiger partial charge in [0.2, 0.25) is 0 Å². The number of carboxylic acid groups (broad SMARTS) is 9. The minimum Gasteiger partial charge on any atom is -0.548 e. The molecule has 0 aliphatic carbocycles. The van der Waals surface area contributed by atoms with Crippen molar-refractivity contribution < 1.29 is 110 Å². The third-order valence-corrected chi connectivity index (χ3v) is 4.82. The van der Waals surface area contributed by atoms with Crippen molar-refractivity contribution in [2.75, 3.05) is 0 Å². The maximum Gasteiger partial charge on any atom is 6.00 e. The Kier molecular flexibility index (Phi) is 33.8. The normalized spacial score (nSPS) is 11.2. The Hall–Kier alpha value is -7.35. The van der Waals surface area contributed by atoms with Crippen molar-refractivity contribution in [3.8, 4) is 0 Å². The smallest absolute Gasteiger partial charge is 0.548 e. The number of aliphatic carboxylic acids is 9. The Balaban J connectivity index is -0.000000301. The van der Waals surface area contributed by atoms with Crippen molar-refractivity contribution in [1.82, 2.24) is 29.9 Å². The molecule has 3 heterocycles. The zero-order valence-electron chi connectivity index (χ0n) is 29.2. The molecule has 0 bridgehead atoms. The van der Waals surface area contributed by atoms with Crippen LogP contribution in [0.15, 0.2) is 55.8 Å². The van der Waals surface area contributed by atoms with E-state index in [1.165, 1.54) is 37.2 Å². The van der Waals surface area contributed by atoms with Gasteiger partial charge in [-0.2, -0.15) is 0 Å². The van der Waals surface area contributed by atoms with E-state index in [4.69, 9.17) is 32.5 Å². The van der Waals surface area contributed by atoms with E-state index in [1.807, 2.05) is 0 Å². The number of aromatic nitrogens is 6. The van der Waals surface area contributed by atoms with Gasteiger partial charge in [0, 0.05) is 18.6 Å². The van der Waals surface area contributed by atoms with E-state index in [-0.39, 0.29) is 21.1 Å². The first-order valence-electron chi connectivity index (χ1n) is 14.7. The fraction of sp³-hybridized carbons (Fsp3) is 0.200. The molecule has 3 atom stereocenters. The summed E-state index contributed by atoms with van der Waals surface area (Å²) in [5.74, 6) is -12.0. The second-order valence-corrected chi connectivity index (χ2v) is 9.51. The number of H-pyrrole nitrogens is 3. The van der Waals surface area contributed by atoms with Gasteiger partial charge in [-0.15, -0.1) is 0 Å². The molecule has 12 N–H and O–H groups in total. The van der Waals surface area contributed by atoms with Crippen molar-refractivity contribution >= 4 is 72.0 Å². The molecule has 0 fully saturated rings. The average Bonchev–Trinajstić information content (AvgIpc) is 3.91. The largest absolute Gasteiger partial charge is 6.00 e. The van der Waals surface area contributed by atoms with Crippen LogP contribution in [0.2, 0.25) is 0 Å². The van der Waals surface area contributed by atoms with E-state index in [1.54, 1.807) is 18.6 Å². The van der Waals surface area contributed by atoms with Crippen LogP contribution in [-0.2, 0) is 64.2 Å². The van der Waals surface area contributed by atoms with E-state index < -0.39 is 91.1 Å². The monoisotopic (exact) mass is 905 g/mol. The van der Waals surface area contributed by atoms with Gasteiger partial charge in [0.25, 0.3) is 0 Å². The Morgan fingerprint density at radius 3 is 0.810 bits per heavy atom. The average molecular weight is 904 g/mol. The number of rotatable bonds is 15. The molecule has 27 nitrogen and oxygen atoms in total. The molecule has 28 heteroatoms. The van der Waals surface area contributed by atoms with Crippen LogP contribution < -0.4 is 47.8 Å². The van der Waals surface area contributed by atoms with Gasteiger partial charge in [0.05, 0.1) is 109 Å². The number of imidazole rings is 3. The Morgan fingerprint density at radius 1 is 0.500 bits per heavy atom. The maximum absolute atomic E-state index is 9.86. The zero-order valence-corrected chi connectivity index (χ0v) is 31.2. The second kappa shape index (κ2) is 34.2. The summed E-state index contributed by atoms with van der Waals surface area (Å²) in [6.45, 7) is 0. The molecule has 0 amide bonds. The predicted octanol–water partition coefficient (Wildman–Crippen LogP) is -9.87. The van der Waals surface area contributed by atoms with Crippen LogP contribution >= 0.6 is 0 Å². The van der Waals surface area contributed by atoms with Crippen molar-refractivity contribution in [3.05, 3.63) is 72.9 Å². The van der Waals surface area contributed by atoms with Crippen molar-refractivity contribution in [2.45, 2.75) is 37.4 Å².